The lowest BCUT2D eigenvalue weighted by molar-refractivity contribution is -0.145. The molecule has 1 aromatic rings. The van der Waals surface area contributed by atoms with Crippen LogP contribution < -0.4 is 5.32 Å². The molecule has 0 aromatic heterocycles. The summed E-state index contributed by atoms with van der Waals surface area (Å²) in [5.74, 6) is 0.0998. The van der Waals surface area contributed by atoms with E-state index in [1.165, 1.54) is 0 Å². The largest absolute Gasteiger partial charge is 0.461 e. The van der Waals surface area contributed by atoms with Gasteiger partial charge in [-0.2, -0.15) is 0 Å². The molecule has 0 heterocycles. The van der Waals surface area contributed by atoms with Crippen LogP contribution in [0.1, 0.15) is 32.3 Å². The van der Waals surface area contributed by atoms with E-state index in [0.717, 1.165) is 12.1 Å². The molecule has 1 aromatic carbocycles. The van der Waals surface area contributed by atoms with Gasteiger partial charge in [-0.25, -0.2) is 0 Å². The minimum atomic E-state index is -0.570. The van der Waals surface area contributed by atoms with Gasteiger partial charge in [-0.15, -0.1) is 0 Å². The molecule has 0 saturated heterocycles. The number of esters is 1. The summed E-state index contributed by atoms with van der Waals surface area (Å²) >= 11 is 0. The van der Waals surface area contributed by atoms with Crippen molar-refractivity contribution < 1.29 is 19.4 Å². The van der Waals surface area contributed by atoms with Gasteiger partial charge >= 0.3 is 5.97 Å². The van der Waals surface area contributed by atoms with Crippen molar-refractivity contribution in [3.05, 3.63) is 48.2 Å². The average molecular weight is 376 g/mol. The number of carbonyl (C=O) groups excluding carboxylic acids is 1. The molecule has 0 bridgehead atoms. The molecule has 6 nitrogen and oxygen atoms in total. The molecule has 1 rings (SSSR count). The molecule has 0 aliphatic rings. The van der Waals surface area contributed by atoms with Gasteiger partial charge < -0.3 is 19.9 Å². The van der Waals surface area contributed by atoms with E-state index >= 15 is 0 Å². The van der Waals surface area contributed by atoms with Gasteiger partial charge in [0.15, 0.2) is 0 Å². The highest BCUT2D eigenvalue weighted by molar-refractivity contribution is 5.69. The summed E-state index contributed by atoms with van der Waals surface area (Å²) in [4.78, 5) is 15.7. The van der Waals surface area contributed by atoms with Crippen LogP contribution in [0.4, 0.5) is 0 Å². The molecule has 2 atom stereocenters. The van der Waals surface area contributed by atoms with Crippen molar-refractivity contribution in [3.8, 4) is 0 Å². The van der Waals surface area contributed by atoms with E-state index in [4.69, 9.17) is 9.47 Å². The molecule has 0 aliphatic carbocycles. The summed E-state index contributed by atoms with van der Waals surface area (Å²) in [5.41, 5.74) is 0.973. The van der Waals surface area contributed by atoms with Crippen molar-refractivity contribution in [1.82, 2.24) is 5.32 Å². The summed E-state index contributed by atoms with van der Waals surface area (Å²) in [6, 6.07) is 9.59. The van der Waals surface area contributed by atoms with E-state index in [-0.39, 0.29) is 12.6 Å². The zero-order valence-electron chi connectivity index (χ0n) is 16.3. The first-order chi connectivity index (χ1) is 13.1. The smallest absolute Gasteiger partial charge is 0.306 e. The Morgan fingerprint density at radius 1 is 1.30 bits per heavy atom. The molecule has 6 heteroatoms. The highest BCUT2D eigenvalue weighted by Crippen LogP contribution is 2.03. The zero-order valence-corrected chi connectivity index (χ0v) is 16.3. The van der Waals surface area contributed by atoms with E-state index in [0.29, 0.717) is 38.5 Å². The molecule has 0 spiro atoms. The molecule has 0 aliphatic heterocycles. The first-order valence-corrected chi connectivity index (χ1v) is 9.42. The minimum Gasteiger partial charge on any atom is -0.461 e. The lowest BCUT2D eigenvalue weighted by Gasteiger charge is -2.14. The van der Waals surface area contributed by atoms with Crippen molar-refractivity contribution in [2.45, 2.75) is 39.4 Å². The Morgan fingerprint density at radius 2 is 2.07 bits per heavy atom. The summed E-state index contributed by atoms with van der Waals surface area (Å²) < 4.78 is 10.6. The normalized spacial score (nSPS) is 13.9. The summed E-state index contributed by atoms with van der Waals surface area (Å²) in [6.45, 7) is 6.14. The third kappa shape index (κ3) is 12.9. The van der Waals surface area contributed by atoms with E-state index in [1.807, 2.05) is 43.3 Å². The average Bonchev–Trinajstić information content (AvgIpc) is 2.67. The highest BCUT2D eigenvalue weighted by atomic mass is 16.5. The van der Waals surface area contributed by atoms with Crippen molar-refractivity contribution in [2.75, 3.05) is 26.3 Å². The number of ether oxygens (including phenoxy) is 2. The highest BCUT2D eigenvalue weighted by Gasteiger charge is 2.06. The third-order valence-corrected chi connectivity index (χ3v) is 3.72. The summed E-state index contributed by atoms with van der Waals surface area (Å²) in [5, 5.41) is 13.1. The molecule has 27 heavy (non-hydrogen) atoms. The fourth-order valence-corrected chi connectivity index (χ4v) is 2.24. The number of nitrogens with one attached hydrogen (secondary N) is 1. The van der Waals surface area contributed by atoms with E-state index in [1.54, 1.807) is 12.4 Å². The fraction of sp³-hybridized carbons (Fsp3) is 0.524. The van der Waals surface area contributed by atoms with Crippen LogP contribution in [-0.2, 0) is 20.9 Å². The second-order valence-corrected chi connectivity index (χ2v) is 6.36. The summed E-state index contributed by atoms with van der Waals surface area (Å²) in [7, 11) is 0. The molecule has 0 radical (unpaired) electrons. The lowest BCUT2D eigenvalue weighted by atomic mass is 10.2. The standard InChI is InChI=1S/C21H32N2O4/c1-3-22-12-11-18(2)14-23-15-20(24)17-26-13-7-10-21(25)27-16-19-8-5-4-6-9-19/h3-6,8-9,11-12,18,20,23-24H,7,10,13-17H2,1-2H3/b12-11-,22-3?. The third-order valence-electron chi connectivity index (χ3n) is 3.72. The Labute approximate surface area is 162 Å². The van der Waals surface area contributed by atoms with Crippen molar-refractivity contribution in [3.63, 3.8) is 0 Å². The Bertz CT molecular complexity index is 561. The van der Waals surface area contributed by atoms with Crippen molar-refractivity contribution in [1.29, 1.82) is 0 Å². The van der Waals surface area contributed by atoms with Crippen LogP contribution in [-0.4, -0.2) is 49.7 Å². The van der Waals surface area contributed by atoms with Gasteiger partial charge in [-0.1, -0.05) is 43.3 Å². The fourth-order valence-electron chi connectivity index (χ4n) is 2.24. The number of aliphatic imine (C=N–C) groups is 1. The van der Waals surface area contributed by atoms with Gasteiger partial charge in [0.1, 0.15) is 6.61 Å². The van der Waals surface area contributed by atoms with Crippen LogP contribution in [0.15, 0.2) is 47.6 Å². The van der Waals surface area contributed by atoms with Crippen LogP contribution in [0.2, 0.25) is 0 Å². The minimum absolute atomic E-state index is 0.237. The van der Waals surface area contributed by atoms with Crippen molar-refractivity contribution in [2.24, 2.45) is 10.9 Å². The number of benzene rings is 1. The molecule has 0 amide bonds. The van der Waals surface area contributed by atoms with Gasteiger partial charge in [0.05, 0.1) is 12.7 Å². The van der Waals surface area contributed by atoms with E-state index in [2.05, 4.69) is 17.2 Å². The van der Waals surface area contributed by atoms with Gasteiger partial charge in [0.2, 0.25) is 0 Å². The maximum absolute atomic E-state index is 11.7. The second-order valence-electron chi connectivity index (χ2n) is 6.36. The number of aliphatic hydroxyl groups is 1. The second kappa shape index (κ2) is 15.1. The Morgan fingerprint density at radius 3 is 2.81 bits per heavy atom. The lowest BCUT2D eigenvalue weighted by Crippen LogP contribution is -2.32. The van der Waals surface area contributed by atoms with Gasteiger partial charge in [0.25, 0.3) is 0 Å². The zero-order chi connectivity index (χ0) is 19.7. The van der Waals surface area contributed by atoms with E-state index in [9.17, 15) is 9.90 Å². The van der Waals surface area contributed by atoms with Gasteiger partial charge in [0, 0.05) is 38.5 Å². The van der Waals surface area contributed by atoms with Crippen LogP contribution in [0, 0.1) is 5.92 Å². The predicted molar refractivity (Wildman–Crippen MR) is 108 cm³/mol. The van der Waals surface area contributed by atoms with Crippen LogP contribution in [0.5, 0.6) is 0 Å². The first-order valence-electron chi connectivity index (χ1n) is 9.42. The molecule has 0 fully saturated rings. The topological polar surface area (TPSA) is 80.2 Å². The molecule has 0 saturated carbocycles. The monoisotopic (exact) mass is 376 g/mol. The molecule has 2 unspecified atom stereocenters. The Balaban J connectivity index is 1.98. The van der Waals surface area contributed by atoms with Crippen molar-refractivity contribution >= 4 is 12.2 Å². The van der Waals surface area contributed by atoms with E-state index < -0.39 is 6.10 Å². The number of hydrogen-bond acceptors (Lipinski definition) is 6. The number of hydrogen-bond donors (Lipinski definition) is 2. The molecular weight excluding hydrogens is 344 g/mol. The maximum atomic E-state index is 11.7. The Hall–Kier alpha value is -2.02. The van der Waals surface area contributed by atoms with Gasteiger partial charge in [-0.05, 0) is 24.8 Å². The number of carbonyl (C=O) groups is 1. The molecule has 2 N–H and O–H groups in total. The number of nitrogens with zero attached hydrogens (tertiary/aromatic N) is 1. The SMILES string of the molecule is CC=N/C=C\C(C)CNCC(O)COCCCC(=O)OCc1ccccc1. The number of rotatable bonds is 14. The maximum Gasteiger partial charge on any atom is 0.306 e. The number of aliphatic hydroxyl groups excluding tert-OH is 1. The first kappa shape index (κ1) is 23.0. The predicted octanol–water partition coefficient (Wildman–Crippen LogP) is 2.72. The Kier molecular flexibility index (Phi) is 12.9. The quantitative estimate of drug-likeness (QED) is 0.296. The molecule has 150 valence electrons. The van der Waals surface area contributed by atoms with Crippen LogP contribution >= 0.6 is 0 Å². The summed E-state index contributed by atoms with van der Waals surface area (Å²) in [6.07, 6.45) is 5.84. The molecular formula is C21H32N2O4. The van der Waals surface area contributed by atoms with Crippen LogP contribution in [0.3, 0.4) is 0 Å². The van der Waals surface area contributed by atoms with Crippen LogP contribution in [0.25, 0.3) is 0 Å². The van der Waals surface area contributed by atoms with Gasteiger partial charge in [-0.3, -0.25) is 9.79 Å².